The molecule has 2 aromatic heterocycles. The van der Waals surface area contributed by atoms with Gasteiger partial charge in [0.15, 0.2) is 0 Å². The zero-order chi connectivity index (χ0) is 23.7. The number of amides is 1. The molecule has 9 heteroatoms. The van der Waals surface area contributed by atoms with Crippen molar-refractivity contribution in [3.63, 3.8) is 0 Å². The van der Waals surface area contributed by atoms with E-state index in [-0.39, 0.29) is 17.3 Å². The third kappa shape index (κ3) is 4.35. The molecule has 8 nitrogen and oxygen atoms in total. The fourth-order valence-electron chi connectivity index (χ4n) is 4.12. The molecule has 2 N–H and O–H groups in total. The molecule has 0 atom stereocenters. The van der Waals surface area contributed by atoms with Crippen molar-refractivity contribution in [1.82, 2.24) is 14.3 Å². The standard InChI is InChI=1S/C25H23N5O3S/c1-17(31)28-20-6-8-22(9-7-20)34(32,33)30-13-11-23-19(16-30)10-12-26-25(23)29-21-14-18-4-2-3-5-24(18)27-15-21/h2-10,12,14-15H,11,13,16H2,1H3,(H,26,29)(H,28,31). The van der Waals surface area contributed by atoms with Gasteiger partial charge in [-0.1, -0.05) is 18.2 Å². The molecule has 4 aromatic rings. The van der Waals surface area contributed by atoms with E-state index in [0.29, 0.717) is 24.5 Å². The van der Waals surface area contributed by atoms with Gasteiger partial charge in [-0.2, -0.15) is 4.31 Å². The van der Waals surface area contributed by atoms with Crippen LogP contribution in [0.5, 0.6) is 0 Å². The molecule has 34 heavy (non-hydrogen) atoms. The van der Waals surface area contributed by atoms with E-state index in [2.05, 4.69) is 20.6 Å². The van der Waals surface area contributed by atoms with Crippen LogP contribution in [-0.2, 0) is 27.8 Å². The lowest BCUT2D eigenvalue weighted by molar-refractivity contribution is -0.114. The molecule has 1 amide bonds. The Bertz CT molecular complexity index is 1490. The maximum absolute atomic E-state index is 13.2. The zero-order valence-electron chi connectivity index (χ0n) is 18.5. The monoisotopic (exact) mass is 473 g/mol. The fraction of sp³-hybridized carbons (Fsp3) is 0.160. The summed E-state index contributed by atoms with van der Waals surface area (Å²) < 4.78 is 27.9. The second-order valence-corrected chi connectivity index (χ2v) is 10.1. The van der Waals surface area contributed by atoms with E-state index in [9.17, 15) is 13.2 Å². The quantitative estimate of drug-likeness (QED) is 0.453. The van der Waals surface area contributed by atoms with E-state index in [4.69, 9.17) is 0 Å². The van der Waals surface area contributed by atoms with Gasteiger partial charge in [0.05, 0.1) is 22.3 Å². The number of nitrogens with one attached hydrogen (secondary N) is 2. The smallest absolute Gasteiger partial charge is 0.243 e. The molecule has 172 valence electrons. The predicted molar refractivity (Wildman–Crippen MR) is 131 cm³/mol. The van der Waals surface area contributed by atoms with Gasteiger partial charge in [-0.25, -0.2) is 13.4 Å². The molecule has 0 bridgehead atoms. The van der Waals surface area contributed by atoms with Crippen LogP contribution >= 0.6 is 0 Å². The molecule has 5 rings (SSSR count). The highest BCUT2D eigenvalue weighted by Gasteiger charge is 2.29. The zero-order valence-corrected chi connectivity index (χ0v) is 19.3. The molecule has 0 aliphatic carbocycles. The number of pyridine rings is 2. The number of carbonyl (C=O) groups excluding carboxylic acids is 1. The first kappa shape index (κ1) is 22.0. The van der Waals surface area contributed by atoms with E-state index in [0.717, 1.165) is 27.7 Å². The number of hydrogen-bond donors (Lipinski definition) is 2. The molecule has 1 aliphatic heterocycles. The number of carbonyl (C=O) groups is 1. The van der Waals surface area contributed by atoms with Gasteiger partial charge in [-0.05, 0) is 54.4 Å². The number of benzene rings is 2. The normalized spacial score (nSPS) is 13.9. The van der Waals surface area contributed by atoms with Crippen molar-refractivity contribution >= 4 is 44.0 Å². The van der Waals surface area contributed by atoms with Gasteiger partial charge in [-0.15, -0.1) is 0 Å². The number of anilines is 3. The lowest BCUT2D eigenvalue weighted by atomic mass is 10.0. The summed E-state index contributed by atoms with van der Waals surface area (Å²) in [6, 6.07) is 18.0. The molecule has 2 aromatic carbocycles. The van der Waals surface area contributed by atoms with Gasteiger partial charge in [0, 0.05) is 42.8 Å². The van der Waals surface area contributed by atoms with Crippen LogP contribution in [0.4, 0.5) is 17.2 Å². The third-order valence-electron chi connectivity index (χ3n) is 5.78. The maximum Gasteiger partial charge on any atom is 0.243 e. The van der Waals surface area contributed by atoms with Crippen molar-refractivity contribution in [2.45, 2.75) is 24.8 Å². The van der Waals surface area contributed by atoms with Crippen molar-refractivity contribution in [2.75, 3.05) is 17.2 Å². The first-order valence-electron chi connectivity index (χ1n) is 10.9. The number of fused-ring (bicyclic) bond motifs is 2. The number of aromatic nitrogens is 2. The Labute approximate surface area is 197 Å². The Kier molecular flexibility index (Phi) is 5.72. The van der Waals surface area contributed by atoms with Gasteiger partial charge in [0.25, 0.3) is 0 Å². The van der Waals surface area contributed by atoms with E-state index >= 15 is 0 Å². The summed E-state index contributed by atoms with van der Waals surface area (Å²) in [5.74, 6) is 0.507. The minimum atomic E-state index is -3.68. The summed E-state index contributed by atoms with van der Waals surface area (Å²) in [5.41, 5.74) is 4.22. The van der Waals surface area contributed by atoms with Gasteiger partial charge >= 0.3 is 0 Å². The Morgan fingerprint density at radius 3 is 2.59 bits per heavy atom. The van der Waals surface area contributed by atoms with Crippen LogP contribution in [0, 0.1) is 0 Å². The third-order valence-corrected chi connectivity index (χ3v) is 7.64. The van der Waals surface area contributed by atoms with E-state index < -0.39 is 10.0 Å². The van der Waals surface area contributed by atoms with Crippen LogP contribution in [-0.4, -0.2) is 35.1 Å². The minimum Gasteiger partial charge on any atom is -0.339 e. The highest BCUT2D eigenvalue weighted by Crippen LogP contribution is 2.30. The predicted octanol–water partition coefficient (Wildman–Crippen LogP) is 4.08. The average molecular weight is 474 g/mol. The van der Waals surface area contributed by atoms with Gasteiger partial charge < -0.3 is 10.6 Å². The molecule has 3 heterocycles. The van der Waals surface area contributed by atoms with Crippen molar-refractivity contribution in [1.29, 1.82) is 0 Å². The van der Waals surface area contributed by atoms with Crippen LogP contribution in [0.1, 0.15) is 18.1 Å². The summed E-state index contributed by atoms with van der Waals surface area (Å²) in [6.07, 6.45) is 4.00. The molecule has 0 spiro atoms. The summed E-state index contributed by atoms with van der Waals surface area (Å²) in [6.45, 7) is 2.02. The minimum absolute atomic E-state index is 0.194. The van der Waals surface area contributed by atoms with Gasteiger partial charge in [-0.3, -0.25) is 9.78 Å². The molecule has 1 aliphatic rings. The van der Waals surface area contributed by atoms with Crippen LogP contribution in [0.2, 0.25) is 0 Å². The van der Waals surface area contributed by atoms with Crippen LogP contribution < -0.4 is 10.6 Å². The second-order valence-electron chi connectivity index (χ2n) is 8.13. The Balaban J connectivity index is 1.37. The topological polar surface area (TPSA) is 104 Å². The SMILES string of the molecule is CC(=O)Nc1ccc(S(=O)(=O)N2CCc3c(ccnc3Nc3cnc4ccccc4c3)C2)cc1. The first-order valence-corrected chi connectivity index (χ1v) is 12.3. The average Bonchev–Trinajstić information content (AvgIpc) is 2.84. The molecule has 0 fully saturated rings. The summed E-state index contributed by atoms with van der Waals surface area (Å²) in [4.78, 5) is 20.4. The molecular formula is C25H23N5O3S. The largest absolute Gasteiger partial charge is 0.339 e. The number of hydrogen-bond acceptors (Lipinski definition) is 6. The van der Waals surface area contributed by atoms with Gasteiger partial charge in [0.2, 0.25) is 15.9 Å². The summed E-state index contributed by atoms with van der Waals surface area (Å²) in [5, 5.41) is 7.03. The summed E-state index contributed by atoms with van der Waals surface area (Å²) >= 11 is 0. The van der Waals surface area contributed by atoms with Crippen molar-refractivity contribution in [3.05, 3.63) is 84.2 Å². The Hall–Kier alpha value is -3.82. The first-order chi connectivity index (χ1) is 16.4. The number of rotatable bonds is 5. The highest BCUT2D eigenvalue weighted by atomic mass is 32.2. The number of nitrogens with zero attached hydrogens (tertiary/aromatic N) is 3. The molecule has 0 radical (unpaired) electrons. The molecular weight excluding hydrogens is 450 g/mol. The van der Waals surface area contributed by atoms with E-state index in [1.807, 2.05) is 36.4 Å². The second kappa shape index (κ2) is 8.85. The lowest BCUT2D eigenvalue weighted by Gasteiger charge is -2.29. The van der Waals surface area contributed by atoms with Gasteiger partial charge in [0.1, 0.15) is 5.82 Å². The molecule has 0 saturated carbocycles. The Morgan fingerprint density at radius 2 is 1.79 bits per heavy atom. The van der Waals surface area contributed by atoms with Crippen LogP contribution in [0.3, 0.4) is 0 Å². The lowest BCUT2D eigenvalue weighted by Crippen LogP contribution is -2.36. The van der Waals surface area contributed by atoms with Crippen molar-refractivity contribution < 1.29 is 13.2 Å². The van der Waals surface area contributed by atoms with Crippen LogP contribution in [0.15, 0.2) is 78.0 Å². The molecule has 0 saturated heterocycles. The fourth-order valence-corrected chi connectivity index (χ4v) is 5.54. The summed E-state index contributed by atoms with van der Waals surface area (Å²) in [7, 11) is -3.68. The number of sulfonamides is 1. The molecule has 0 unspecified atom stereocenters. The highest BCUT2D eigenvalue weighted by molar-refractivity contribution is 7.89. The van der Waals surface area contributed by atoms with Crippen molar-refractivity contribution in [2.24, 2.45) is 0 Å². The Morgan fingerprint density at radius 1 is 1.00 bits per heavy atom. The number of para-hydroxylation sites is 1. The van der Waals surface area contributed by atoms with Crippen LogP contribution in [0.25, 0.3) is 10.9 Å². The van der Waals surface area contributed by atoms with E-state index in [1.54, 1.807) is 24.5 Å². The maximum atomic E-state index is 13.2. The van der Waals surface area contributed by atoms with E-state index in [1.165, 1.54) is 23.4 Å². The van der Waals surface area contributed by atoms with Crippen molar-refractivity contribution in [3.8, 4) is 0 Å².